The third-order valence-electron chi connectivity index (χ3n) is 10.9. The Balaban J connectivity index is 1.17. The zero-order valence-electron chi connectivity index (χ0n) is 27.6. The Labute approximate surface area is 286 Å². The van der Waals surface area contributed by atoms with Crippen LogP contribution in [0.5, 0.6) is 0 Å². The van der Waals surface area contributed by atoms with Gasteiger partial charge >= 0.3 is 0 Å². The molecule has 1 aliphatic carbocycles. The van der Waals surface area contributed by atoms with E-state index in [1.54, 1.807) is 0 Å². The largest absolute Gasteiger partial charge is 0.310 e. The standard InChI is InChI=1S/C46H37NS/c1-4-46(5-2)41-18-9-7-14-36(41)37-26-25-33(29-42(37)46)47(43-19-10-6-13-30(43)3)32-23-21-31(22-24-32)34-16-12-17-39-35(34)27-28-40-38-15-8-11-20-44(38)48-45(39)40/h6-29H,4-5H2,1-3H3. The number of aryl methyl sites for hydroxylation is 1. The molecule has 0 radical (unpaired) electrons. The molecule has 0 saturated heterocycles. The van der Waals surface area contributed by atoms with Crippen molar-refractivity contribution in [1.29, 1.82) is 0 Å². The minimum atomic E-state index is 0.0252. The number of thiophene rings is 1. The Kier molecular flexibility index (Phi) is 6.78. The molecule has 1 nitrogen and oxygen atoms in total. The zero-order valence-corrected chi connectivity index (χ0v) is 28.4. The van der Waals surface area contributed by atoms with E-state index in [0.29, 0.717) is 0 Å². The lowest BCUT2D eigenvalue weighted by molar-refractivity contribution is 0.490. The zero-order chi connectivity index (χ0) is 32.4. The highest BCUT2D eigenvalue weighted by molar-refractivity contribution is 7.26. The van der Waals surface area contributed by atoms with Gasteiger partial charge in [0.15, 0.2) is 0 Å². The summed E-state index contributed by atoms with van der Waals surface area (Å²) in [6, 6.07) is 54.3. The van der Waals surface area contributed by atoms with Crippen LogP contribution in [0.3, 0.4) is 0 Å². The first-order valence-electron chi connectivity index (χ1n) is 17.1. The molecule has 1 heterocycles. The highest BCUT2D eigenvalue weighted by atomic mass is 32.1. The average molecular weight is 636 g/mol. The van der Waals surface area contributed by atoms with E-state index in [4.69, 9.17) is 0 Å². The maximum atomic E-state index is 2.48. The Morgan fingerprint density at radius 1 is 0.521 bits per heavy atom. The lowest BCUT2D eigenvalue weighted by atomic mass is 9.74. The number of fused-ring (bicyclic) bond motifs is 8. The van der Waals surface area contributed by atoms with E-state index in [9.17, 15) is 0 Å². The van der Waals surface area contributed by atoms with E-state index >= 15 is 0 Å². The monoisotopic (exact) mass is 635 g/mol. The molecule has 0 saturated carbocycles. The van der Waals surface area contributed by atoms with Crippen LogP contribution >= 0.6 is 11.3 Å². The van der Waals surface area contributed by atoms with E-state index in [1.807, 2.05) is 11.3 Å². The van der Waals surface area contributed by atoms with Crippen LogP contribution in [0.25, 0.3) is 53.2 Å². The molecule has 0 aliphatic heterocycles. The maximum absolute atomic E-state index is 2.48. The highest BCUT2D eigenvalue weighted by Crippen LogP contribution is 2.54. The lowest BCUT2D eigenvalue weighted by Crippen LogP contribution is -2.23. The number of nitrogens with zero attached hydrogens (tertiary/aromatic N) is 1. The predicted molar refractivity (Wildman–Crippen MR) is 208 cm³/mol. The second-order valence-corrected chi connectivity index (χ2v) is 14.2. The van der Waals surface area contributed by atoms with Crippen molar-refractivity contribution < 1.29 is 0 Å². The summed E-state index contributed by atoms with van der Waals surface area (Å²) in [5, 5.41) is 5.31. The fourth-order valence-corrected chi connectivity index (χ4v) is 9.65. The summed E-state index contributed by atoms with van der Waals surface area (Å²) in [7, 11) is 0. The third kappa shape index (κ3) is 4.22. The van der Waals surface area contributed by atoms with Crippen LogP contribution in [0, 0.1) is 6.92 Å². The van der Waals surface area contributed by atoms with Crippen LogP contribution in [-0.2, 0) is 5.41 Å². The number of benzene rings is 7. The summed E-state index contributed by atoms with van der Waals surface area (Å²) >= 11 is 1.90. The second kappa shape index (κ2) is 11.2. The van der Waals surface area contributed by atoms with Gasteiger partial charge in [-0.25, -0.2) is 0 Å². The number of rotatable bonds is 6. The summed E-state index contributed by atoms with van der Waals surface area (Å²) in [4.78, 5) is 2.45. The molecule has 0 fully saturated rings. The van der Waals surface area contributed by atoms with Crippen LogP contribution in [0.1, 0.15) is 43.4 Å². The van der Waals surface area contributed by atoms with Gasteiger partial charge in [0.1, 0.15) is 0 Å². The van der Waals surface area contributed by atoms with Gasteiger partial charge in [0, 0.05) is 48.0 Å². The smallest absolute Gasteiger partial charge is 0.0490 e. The van der Waals surface area contributed by atoms with Crippen molar-refractivity contribution in [3.63, 3.8) is 0 Å². The molecule has 0 N–H and O–H groups in total. The normalized spacial score (nSPS) is 13.2. The van der Waals surface area contributed by atoms with Gasteiger partial charge in [0.25, 0.3) is 0 Å². The summed E-state index contributed by atoms with van der Waals surface area (Å²) in [5.41, 5.74) is 13.0. The average Bonchev–Trinajstić information content (AvgIpc) is 3.66. The van der Waals surface area contributed by atoms with Gasteiger partial charge in [0.05, 0.1) is 0 Å². The first-order valence-corrected chi connectivity index (χ1v) is 18.0. The second-order valence-electron chi connectivity index (χ2n) is 13.2. The topological polar surface area (TPSA) is 3.24 Å². The molecule has 1 aliphatic rings. The summed E-state index contributed by atoms with van der Waals surface area (Å²) in [6.45, 7) is 6.91. The van der Waals surface area contributed by atoms with Crippen molar-refractivity contribution in [1.82, 2.24) is 0 Å². The van der Waals surface area contributed by atoms with Crippen LogP contribution in [0.2, 0.25) is 0 Å². The van der Waals surface area contributed by atoms with Crippen molar-refractivity contribution in [3.8, 4) is 22.3 Å². The Morgan fingerprint density at radius 3 is 2.00 bits per heavy atom. The fourth-order valence-electron chi connectivity index (χ4n) is 8.42. The molecule has 232 valence electrons. The molecule has 0 unspecified atom stereocenters. The highest BCUT2D eigenvalue weighted by Gasteiger charge is 2.40. The Hall–Kier alpha value is -5.18. The molecule has 0 bridgehead atoms. The van der Waals surface area contributed by atoms with Gasteiger partial charge in [-0.15, -0.1) is 11.3 Å². The van der Waals surface area contributed by atoms with Crippen LogP contribution < -0.4 is 4.90 Å². The molecule has 0 spiro atoms. The van der Waals surface area contributed by atoms with Crippen molar-refractivity contribution in [2.45, 2.75) is 39.0 Å². The summed E-state index contributed by atoms with van der Waals surface area (Å²) < 4.78 is 2.71. The van der Waals surface area contributed by atoms with E-state index in [0.717, 1.165) is 18.5 Å². The first-order chi connectivity index (χ1) is 23.6. The molecule has 1 aromatic heterocycles. The van der Waals surface area contributed by atoms with Gasteiger partial charge in [-0.1, -0.05) is 123 Å². The van der Waals surface area contributed by atoms with Crippen molar-refractivity contribution in [2.75, 3.05) is 4.90 Å². The third-order valence-corrected chi connectivity index (χ3v) is 12.1. The van der Waals surface area contributed by atoms with E-state index < -0.39 is 0 Å². The van der Waals surface area contributed by atoms with Crippen LogP contribution in [0.4, 0.5) is 17.1 Å². The molecular weight excluding hydrogens is 599 g/mol. The number of hydrogen-bond acceptors (Lipinski definition) is 2. The van der Waals surface area contributed by atoms with E-state index in [-0.39, 0.29) is 5.41 Å². The quantitative estimate of drug-likeness (QED) is 0.176. The van der Waals surface area contributed by atoms with Gasteiger partial charge in [-0.2, -0.15) is 0 Å². The Morgan fingerprint density at radius 2 is 1.17 bits per heavy atom. The SMILES string of the molecule is CCC1(CC)c2ccccc2-c2ccc(N(c3ccc(-c4cccc5c4ccc4c6ccccc6sc54)cc3)c3ccccc3C)cc21. The van der Waals surface area contributed by atoms with Crippen LogP contribution in [0.15, 0.2) is 146 Å². The lowest BCUT2D eigenvalue weighted by Gasteiger charge is -2.32. The van der Waals surface area contributed by atoms with Crippen molar-refractivity contribution in [2.24, 2.45) is 0 Å². The molecule has 9 rings (SSSR count). The summed E-state index contributed by atoms with van der Waals surface area (Å²) in [5.74, 6) is 0. The van der Waals surface area contributed by atoms with Crippen molar-refractivity contribution >= 4 is 59.3 Å². The first kappa shape index (κ1) is 29.0. The predicted octanol–water partition coefficient (Wildman–Crippen LogP) is 13.7. The molecule has 2 heteroatoms. The molecule has 0 amide bonds. The Bertz CT molecular complexity index is 2500. The molecule has 0 atom stereocenters. The molecule has 7 aromatic carbocycles. The van der Waals surface area contributed by atoms with Gasteiger partial charge in [-0.3, -0.25) is 0 Å². The van der Waals surface area contributed by atoms with Gasteiger partial charge in [0.2, 0.25) is 0 Å². The van der Waals surface area contributed by atoms with Crippen molar-refractivity contribution in [3.05, 3.63) is 162 Å². The number of anilines is 3. The molecule has 8 aromatic rings. The van der Waals surface area contributed by atoms with Crippen LogP contribution in [-0.4, -0.2) is 0 Å². The maximum Gasteiger partial charge on any atom is 0.0490 e. The molecular formula is C46H37NS. The minimum Gasteiger partial charge on any atom is -0.310 e. The van der Waals surface area contributed by atoms with E-state index in [1.165, 1.54) is 81.3 Å². The van der Waals surface area contributed by atoms with Gasteiger partial charge in [-0.05, 0) is 100 Å². The van der Waals surface area contributed by atoms with Gasteiger partial charge < -0.3 is 4.90 Å². The molecule has 48 heavy (non-hydrogen) atoms. The summed E-state index contributed by atoms with van der Waals surface area (Å²) in [6.07, 6.45) is 2.16. The number of hydrogen-bond donors (Lipinski definition) is 0. The minimum absolute atomic E-state index is 0.0252. The number of para-hydroxylation sites is 1. The van der Waals surface area contributed by atoms with E-state index in [2.05, 4.69) is 171 Å². The fraction of sp³-hybridized carbons (Fsp3) is 0.130.